The van der Waals surface area contributed by atoms with Gasteiger partial charge >= 0.3 is 5.97 Å². The molecule has 138 valence electrons. The number of esters is 1. The third-order valence-corrected chi connectivity index (χ3v) is 4.32. The van der Waals surface area contributed by atoms with Crippen LogP contribution in [0.1, 0.15) is 103 Å². The summed E-state index contributed by atoms with van der Waals surface area (Å²) >= 11 is 5.36. The van der Waals surface area contributed by atoms with Crippen LogP contribution in [0.3, 0.4) is 0 Å². The summed E-state index contributed by atoms with van der Waals surface area (Å²) in [4.78, 5) is 11.4. The second-order valence-corrected chi connectivity index (χ2v) is 6.94. The van der Waals surface area contributed by atoms with E-state index in [0.717, 1.165) is 12.8 Å². The summed E-state index contributed by atoms with van der Waals surface area (Å²) in [6, 6.07) is 0. The van der Waals surface area contributed by atoms with Crippen LogP contribution in [0, 0.1) is 0 Å². The zero-order valence-electron chi connectivity index (χ0n) is 15.0. The Kier molecular flexibility index (Phi) is 17.8. The molecule has 0 heterocycles. The van der Waals surface area contributed by atoms with Crippen molar-refractivity contribution in [2.45, 2.75) is 109 Å². The first kappa shape index (κ1) is 22.7. The first-order chi connectivity index (χ1) is 11.2. The Labute approximate surface area is 148 Å². The maximum Gasteiger partial charge on any atom is 0.305 e. The maximum atomic E-state index is 11.4. The molecule has 0 saturated heterocycles. The molecule has 4 heteroatoms. The number of carbonyl (C=O) groups excluding carboxylic acids is 1. The van der Waals surface area contributed by atoms with Crippen LogP contribution in [0.2, 0.25) is 0 Å². The zero-order valence-corrected chi connectivity index (χ0v) is 15.8. The van der Waals surface area contributed by atoms with Gasteiger partial charge in [0.2, 0.25) is 0 Å². The van der Waals surface area contributed by atoms with Crippen LogP contribution < -0.4 is 0 Å². The Hall–Kier alpha value is -0.280. The number of unbranched alkanes of at least 4 members (excludes halogenated alkanes) is 12. The molecule has 0 amide bonds. The van der Waals surface area contributed by atoms with Crippen molar-refractivity contribution < 1.29 is 14.6 Å². The Bertz CT molecular complexity index is 257. The van der Waals surface area contributed by atoms with Crippen LogP contribution in [0.25, 0.3) is 0 Å². The van der Waals surface area contributed by atoms with Crippen LogP contribution in [-0.2, 0) is 9.53 Å². The highest BCUT2D eigenvalue weighted by Gasteiger charge is 2.04. The first-order valence-electron chi connectivity index (χ1n) is 9.64. The minimum atomic E-state index is -0.917. The van der Waals surface area contributed by atoms with Crippen molar-refractivity contribution in [2.75, 3.05) is 6.61 Å². The highest BCUT2D eigenvalue weighted by Crippen LogP contribution is 2.13. The topological polar surface area (TPSA) is 46.5 Å². The second-order valence-electron chi connectivity index (χ2n) is 6.44. The van der Waals surface area contributed by atoms with Crippen LogP contribution >= 0.6 is 11.6 Å². The third kappa shape index (κ3) is 19.7. The van der Waals surface area contributed by atoms with E-state index in [9.17, 15) is 4.79 Å². The van der Waals surface area contributed by atoms with E-state index in [1.165, 1.54) is 70.6 Å². The first-order valence-corrected chi connectivity index (χ1v) is 10.1. The number of carbonyl (C=O) groups is 1. The summed E-state index contributed by atoms with van der Waals surface area (Å²) in [6.45, 7) is 2.47. The van der Waals surface area contributed by atoms with Crippen LogP contribution in [-0.4, -0.2) is 23.2 Å². The molecule has 0 bridgehead atoms. The lowest BCUT2D eigenvalue weighted by atomic mass is 10.0. The van der Waals surface area contributed by atoms with Gasteiger partial charge in [0.15, 0.2) is 0 Å². The summed E-state index contributed by atoms with van der Waals surface area (Å²) in [5.41, 5.74) is -0.917. The van der Waals surface area contributed by atoms with Crippen molar-refractivity contribution >= 4 is 17.6 Å². The summed E-state index contributed by atoms with van der Waals surface area (Å²) in [6.07, 6.45) is 17.7. The second kappa shape index (κ2) is 18.1. The minimum absolute atomic E-state index is 0.176. The van der Waals surface area contributed by atoms with E-state index in [0.29, 0.717) is 12.8 Å². The normalized spacial score (nSPS) is 12.3. The van der Waals surface area contributed by atoms with Crippen molar-refractivity contribution in [3.05, 3.63) is 0 Å². The molecule has 0 rings (SSSR count). The molecular formula is C19H37ClO3. The van der Waals surface area contributed by atoms with Gasteiger partial charge in [-0.25, -0.2) is 0 Å². The van der Waals surface area contributed by atoms with Gasteiger partial charge in [-0.2, -0.15) is 0 Å². The molecule has 0 aliphatic rings. The molecule has 1 atom stereocenters. The molecule has 1 N–H and O–H groups in total. The van der Waals surface area contributed by atoms with Crippen LogP contribution in [0.5, 0.6) is 0 Å². The van der Waals surface area contributed by atoms with E-state index in [1.54, 1.807) is 0 Å². The minimum Gasteiger partial charge on any atom is -0.466 e. The molecule has 0 aliphatic heterocycles. The molecule has 1 unspecified atom stereocenters. The van der Waals surface area contributed by atoms with Crippen molar-refractivity contribution in [1.29, 1.82) is 0 Å². The number of aliphatic hydroxyl groups is 1. The number of ether oxygens (including phenoxy) is 1. The third-order valence-electron chi connectivity index (χ3n) is 4.10. The Morgan fingerprint density at radius 2 is 1.30 bits per heavy atom. The fraction of sp³-hybridized carbons (Fsp3) is 0.947. The van der Waals surface area contributed by atoms with Crippen molar-refractivity contribution in [3.63, 3.8) is 0 Å². The molecule has 0 saturated carbocycles. The summed E-state index contributed by atoms with van der Waals surface area (Å²) in [7, 11) is 0. The van der Waals surface area contributed by atoms with Gasteiger partial charge in [-0.1, -0.05) is 95.6 Å². The SMILES string of the molecule is CCCCCCCCCCCCCCCC(=O)OCCC(O)Cl. The van der Waals surface area contributed by atoms with E-state index >= 15 is 0 Å². The van der Waals surface area contributed by atoms with Crippen LogP contribution in [0.15, 0.2) is 0 Å². The van der Waals surface area contributed by atoms with Gasteiger partial charge < -0.3 is 9.84 Å². The van der Waals surface area contributed by atoms with Gasteiger partial charge in [0.25, 0.3) is 0 Å². The number of hydrogen-bond acceptors (Lipinski definition) is 3. The molecule has 0 spiro atoms. The van der Waals surface area contributed by atoms with Gasteiger partial charge in [0.05, 0.1) is 6.61 Å². The van der Waals surface area contributed by atoms with Gasteiger partial charge in [-0.15, -0.1) is 0 Å². The van der Waals surface area contributed by atoms with Crippen LogP contribution in [0.4, 0.5) is 0 Å². The van der Waals surface area contributed by atoms with E-state index in [1.807, 2.05) is 0 Å². The average molecular weight is 349 g/mol. The summed E-state index contributed by atoms with van der Waals surface area (Å²) < 4.78 is 4.98. The average Bonchev–Trinajstić information content (AvgIpc) is 2.51. The number of halogens is 1. The smallest absolute Gasteiger partial charge is 0.305 e. The fourth-order valence-corrected chi connectivity index (χ4v) is 2.72. The number of rotatable bonds is 17. The maximum absolute atomic E-state index is 11.4. The van der Waals surface area contributed by atoms with E-state index < -0.39 is 5.56 Å². The predicted octanol–water partition coefficient (Wildman–Crippen LogP) is 5.96. The number of hydrogen-bond donors (Lipinski definition) is 1. The quantitative estimate of drug-likeness (QED) is 0.200. The fourth-order valence-electron chi connectivity index (χ4n) is 2.63. The highest BCUT2D eigenvalue weighted by molar-refractivity contribution is 6.19. The zero-order chi connectivity index (χ0) is 17.2. The summed E-state index contributed by atoms with van der Waals surface area (Å²) in [5.74, 6) is -0.176. The van der Waals surface area contributed by atoms with E-state index in [4.69, 9.17) is 21.4 Å². The molecule has 3 nitrogen and oxygen atoms in total. The standard InChI is InChI=1S/C19H37ClO3/c1-2-3-4-5-6-7-8-9-10-11-12-13-14-15-19(22)23-17-16-18(20)21/h18,21H,2-17H2,1H3. The Morgan fingerprint density at radius 1 is 0.870 bits per heavy atom. The lowest BCUT2D eigenvalue weighted by Gasteiger charge is -2.05. The molecule has 0 aliphatic carbocycles. The molecule has 0 aromatic rings. The van der Waals surface area contributed by atoms with Crippen molar-refractivity contribution in [2.24, 2.45) is 0 Å². The number of aliphatic hydroxyl groups excluding tert-OH is 1. The molecular weight excluding hydrogens is 312 g/mol. The molecule has 0 fully saturated rings. The van der Waals surface area contributed by atoms with E-state index in [-0.39, 0.29) is 12.6 Å². The predicted molar refractivity (Wildman–Crippen MR) is 97.7 cm³/mol. The monoisotopic (exact) mass is 348 g/mol. The molecule has 23 heavy (non-hydrogen) atoms. The lowest BCUT2D eigenvalue weighted by molar-refractivity contribution is -0.144. The van der Waals surface area contributed by atoms with E-state index in [2.05, 4.69) is 6.92 Å². The van der Waals surface area contributed by atoms with Gasteiger partial charge in [0.1, 0.15) is 5.56 Å². The lowest BCUT2D eigenvalue weighted by Crippen LogP contribution is -2.09. The largest absolute Gasteiger partial charge is 0.466 e. The molecule has 0 aromatic heterocycles. The molecule has 0 aromatic carbocycles. The highest BCUT2D eigenvalue weighted by atomic mass is 35.5. The number of alkyl halides is 1. The van der Waals surface area contributed by atoms with Crippen molar-refractivity contribution in [3.8, 4) is 0 Å². The summed E-state index contributed by atoms with van der Waals surface area (Å²) in [5, 5.41) is 8.84. The Balaban J connectivity index is 3.11. The van der Waals surface area contributed by atoms with Gasteiger partial charge in [0, 0.05) is 12.8 Å². The van der Waals surface area contributed by atoms with Gasteiger partial charge in [-0.3, -0.25) is 4.79 Å². The van der Waals surface area contributed by atoms with Crippen molar-refractivity contribution in [1.82, 2.24) is 0 Å². The van der Waals surface area contributed by atoms with Gasteiger partial charge in [-0.05, 0) is 6.42 Å². The Morgan fingerprint density at radius 3 is 1.74 bits per heavy atom. The molecule has 0 radical (unpaired) electrons.